The van der Waals surface area contributed by atoms with Gasteiger partial charge in [-0.15, -0.1) is 24.0 Å². The molecule has 1 rings (SSSR count). The molecule has 1 amide bonds. The SMILES string of the molecule is CN=C(NCCc1ccc(F)cc1)NCC(C)(C)C(=O)NC.I. The molecule has 1 aromatic rings. The van der Waals surface area contributed by atoms with E-state index in [-0.39, 0.29) is 35.7 Å². The highest BCUT2D eigenvalue weighted by Crippen LogP contribution is 2.12. The van der Waals surface area contributed by atoms with Crippen molar-refractivity contribution in [3.8, 4) is 0 Å². The summed E-state index contributed by atoms with van der Waals surface area (Å²) in [4.78, 5) is 15.8. The summed E-state index contributed by atoms with van der Waals surface area (Å²) in [5.74, 6) is 0.381. The zero-order valence-corrected chi connectivity index (χ0v) is 16.4. The number of guanidine groups is 1. The van der Waals surface area contributed by atoms with Crippen LogP contribution in [0.1, 0.15) is 19.4 Å². The van der Waals surface area contributed by atoms with E-state index < -0.39 is 5.41 Å². The maximum Gasteiger partial charge on any atom is 0.227 e. The van der Waals surface area contributed by atoms with Gasteiger partial charge in [-0.1, -0.05) is 12.1 Å². The summed E-state index contributed by atoms with van der Waals surface area (Å²) < 4.78 is 12.8. The molecule has 0 heterocycles. The Balaban J connectivity index is 0.00000484. The molecule has 7 heteroatoms. The summed E-state index contributed by atoms with van der Waals surface area (Å²) in [6.45, 7) is 4.88. The number of nitrogens with one attached hydrogen (secondary N) is 3. The van der Waals surface area contributed by atoms with Gasteiger partial charge in [0.2, 0.25) is 5.91 Å². The standard InChI is InChI=1S/C16H25FN4O.HI/c1-16(2,14(22)18-3)11-21-15(19-4)20-10-9-12-5-7-13(17)8-6-12;/h5-8H,9-11H2,1-4H3,(H,18,22)(H2,19,20,21);1H. The van der Waals surface area contributed by atoms with Crippen LogP contribution in [-0.2, 0) is 11.2 Å². The van der Waals surface area contributed by atoms with Crippen LogP contribution >= 0.6 is 24.0 Å². The van der Waals surface area contributed by atoms with E-state index >= 15 is 0 Å². The van der Waals surface area contributed by atoms with Gasteiger partial charge in [0.1, 0.15) is 5.82 Å². The van der Waals surface area contributed by atoms with Crippen molar-refractivity contribution in [3.05, 3.63) is 35.6 Å². The summed E-state index contributed by atoms with van der Waals surface area (Å²) in [6, 6.07) is 6.44. The van der Waals surface area contributed by atoms with Crippen LogP contribution in [0.15, 0.2) is 29.3 Å². The molecular weight excluding hydrogens is 410 g/mol. The molecule has 0 unspecified atom stereocenters. The molecule has 5 nitrogen and oxygen atoms in total. The monoisotopic (exact) mass is 436 g/mol. The number of benzene rings is 1. The van der Waals surface area contributed by atoms with E-state index in [1.807, 2.05) is 13.8 Å². The lowest BCUT2D eigenvalue weighted by Crippen LogP contribution is -2.47. The van der Waals surface area contributed by atoms with Crippen molar-refractivity contribution in [1.82, 2.24) is 16.0 Å². The summed E-state index contributed by atoms with van der Waals surface area (Å²) in [5.41, 5.74) is 0.526. The van der Waals surface area contributed by atoms with E-state index in [9.17, 15) is 9.18 Å². The number of carbonyl (C=O) groups is 1. The lowest BCUT2D eigenvalue weighted by atomic mass is 9.92. The van der Waals surface area contributed by atoms with Crippen molar-refractivity contribution in [2.75, 3.05) is 27.2 Å². The number of aliphatic imine (C=N–C) groups is 1. The van der Waals surface area contributed by atoms with Gasteiger partial charge in [-0.25, -0.2) is 4.39 Å². The zero-order valence-electron chi connectivity index (χ0n) is 14.1. The van der Waals surface area contributed by atoms with Crippen LogP contribution in [0, 0.1) is 11.2 Å². The quantitative estimate of drug-likeness (QED) is 0.363. The fraction of sp³-hybridized carbons (Fsp3) is 0.500. The van der Waals surface area contributed by atoms with Crippen molar-refractivity contribution in [2.24, 2.45) is 10.4 Å². The van der Waals surface area contributed by atoms with Gasteiger partial charge in [0.05, 0.1) is 5.41 Å². The molecule has 3 N–H and O–H groups in total. The van der Waals surface area contributed by atoms with Crippen LogP contribution in [0.4, 0.5) is 4.39 Å². The Labute approximate surface area is 154 Å². The first-order chi connectivity index (χ1) is 10.4. The molecule has 0 aliphatic heterocycles. The highest BCUT2D eigenvalue weighted by atomic mass is 127. The first kappa shape index (κ1) is 21.6. The molecule has 0 spiro atoms. The van der Waals surface area contributed by atoms with Crippen molar-refractivity contribution in [1.29, 1.82) is 0 Å². The van der Waals surface area contributed by atoms with Gasteiger partial charge in [0.15, 0.2) is 5.96 Å². The fourth-order valence-electron chi connectivity index (χ4n) is 1.92. The predicted octanol–water partition coefficient (Wildman–Crippen LogP) is 1.92. The Kier molecular flexibility index (Phi) is 9.78. The summed E-state index contributed by atoms with van der Waals surface area (Å²) in [6.07, 6.45) is 0.764. The zero-order chi connectivity index (χ0) is 16.6. The van der Waals surface area contributed by atoms with Gasteiger partial charge < -0.3 is 16.0 Å². The summed E-state index contributed by atoms with van der Waals surface area (Å²) >= 11 is 0. The minimum atomic E-state index is -0.524. The minimum Gasteiger partial charge on any atom is -0.359 e. The van der Waals surface area contributed by atoms with Gasteiger partial charge >= 0.3 is 0 Å². The Morgan fingerprint density at radius 1 is 1.22 bits per heavy atom. The van der Waals surface area contributed by atoms with E-state index in [1.54, 1.807) is 26.2 Å². The van der Waals surface area contributed by atoms with Crippen LogP contribution in [0.25, 0.3) is 0 Å². The number of carbonyl (C=O) groups excluding carboxylic acids is 1. The second kappa shape index (κ2) is 10.4. The first-order valence-corrected chi connectivity index (χ1v) is 7.30. The van der Waals surface area contributed by atoms with Crippen LogP contribution in [-0.4, -0.2) is 39.1 Å². The lowest BCUT2D eigenvalue weighted by molar-refractivity contribution is -0.128. The molecule has 0 aromatic heterocycles. The topological polar surface area (TPSA) is 65.5 Å². The number of amides is 1. The predicted molar refractivity (Wildman–Crippen MR) is 103 cm³/mol. The van der Waals surface area contributed by atoms with Crippen LogP contribution in [0.3, 0.4) is 0 Å². The second-order valence-electron chi connectivity index (χ2n) is 5.69. The van der Waals surface area contributed by atoms with Gasteiger partial charge in [0.25, 0.3) is 0 Å². The van der Waals surface area contributed by atoms with Crippen molar-refractivity contribution in [2.45, 2.75) is 20.3 Å². The van der Waals surface area contributed by atoms with Gasteiger partial charge in [0, 0.05) is 27.2 Å². The molecule has 0 radical (unpaired) electrons. The molecule has 0 saturated heterocycles. The number of nitrogens with zero attached hydrogens (tertiary/aromatic N) is 1. The molecule has 0 bridgehead atoms. The lowest BCUT2D eigenvalue weighted by Gasteiger charge is -2.24. The fourth-order valence-corrected chi connectivity index (χ4v) is 1.92. The second-order valence-corrected chi connectivity index (χ2v) is 5.69. The normalized spacial score (nSPS) is 11.4. The molecule has 0 aliphatic rings. The number of rotatable bonds is 6. The summed E-state index contributed by atoms with van der Waals surface area (Å²) in [5, 5.41) is 8.96. The maximum absolute atomic E-state index is 12.8. The average Bonchev–Trinajstić information content (AvgIpc) is 2.51. The molecule has 0 saturated carbocycles. The first-order valence-electron chi connectivity index (χ1n) is 7.30. The average molecular weight is 436 g/mol. The third-order valence-electron chi connectivity index (χ3n) is 3.38. The van der Waals surface area contributed by atoms with Crippen LogP contribution in [0.5, 0.6) is 0 Å². The minimum absolute atomic E-state index is 0. The summed E-state index contributed by atoms with van der Waals surface area (Å²) in [7, 11) is 3.31. The maximum atomic E-state index is 12.8. The van der Waals surface area contributed by atoms with Crippen molar-refractivity contribution < 1.29 is 9.18 Å². The Hall–Kier alpha value is -1.38. The van der Waals surface area contributed by atoms with Crippen molar-refractivity contribution >= 4 is 35.8 Å². The van der Waals surface area contributed by atoms with Gasteiger partial charge in [-0.05, 0) is 38.0 Å². The molecular formula is C16H26FIN4O. The number of hydrogen-bond acceptors (Lipinski definition) is 2. The third-order valence-corrected chi connectivity index (χ3v) is 3.38. The molecule has 23 heavy (non-hydrogen) atoms. The van der Waals surface area contributed by atoms with E-state index in [0.29, 0.717) is 19.0 Å². The van der Waals surface area contributed by atoms with E-state index in [2.05, 4.69) is 20.9 Å². The van der Waals surface area contributed by atoms with E-state index in [1.165, 1.54) is 12.1 Å². The Bertz CT molecular complexity index is 517. The Morgan fingerprint density at radius 3 is 2.35 bits per heavy atom. The molecule has 130 valence electrons. The molecule has 0 aliphatic carbocycles. The highest BCUT2D eigenvalue weighted by molar-refractivity contribution is 14.0. The van der Waals surface area contributed by atoms with E-state index in [0.717, 1.165) is 12.0 Å². The third kappa shape index (κ3) is 7.62. The highest BCUT2D eigenvalue weighted by Gasteiger charge is 2.26. The van der Waals surface area contributed by atoms with Gasteiger partial charge in [-0.2, -0.15) is 0 Å². The van der Waals surface area contributed by atoms with Gasteiger partial charge in [-0.3, -0.25) is 9.79 Å². The number of hydrogen-bond donors (Lipinski definition) is 3. The van der Waals surface area contributed by atoms with Crippen LogP contribution in [0.2, 0.25) is 0 Å². The molecule has 0 atom stereocenters. The Morgan fingerprint density at radius 2 is 1.83 bits per heavy atom. The number of halogens is 2. The molecule has 0 fully saturated rings. The molecule has 1 aromatic carbocycles. The van der Waals surface area contributed by atoms with Crippen LogP contribution < -0.4 is 16.0 Å². The smallest absolute Gasteiger partial charge is 0.227 e. The largest absolute Gasteiger partial charge is 0.359 e. The van der Waals surface area contributed by atoms with E-state index in [4.69, 9.17) is 0 Å². The van der Waals surface area contributed by atoms with Crippen molar-refractivity contribution in [3.63, 3.8) is 0 Å².